The van der Waals surface area contributed by atoms with Crippen molar-refractivity contribution in [1.82, 2.24) is 0 Å². The first kappa shape index (κ1) is 21.0. The maximum Gasteiger partial charge on any atom is -0.0417 e. The average molecular weight is 297 g/mol. The Morgan fingerprint density at radius 2 is 1.00 bits per heavy atom. The van der Waals surface area contributed by atoms with E-state index in [0.717, 1.165) is 23.7 Å². The molecule has 0 saturated heterocycles. The molecule has 0 heteroatoms. The summed E-state index contributed by atoms with van der Waals surface area (Å²) < 4.78 is 0. The first-order valence-electron chi connectivity index (χ1n) is 9.99. The average Bonchev–Trinajstić information content (AvgIpc) is 2.45. The predicted octanol–water partition coefficient (Wildman–Crippen LogP) is 7.86. The summed E-state index contributed by atoms with van der Waals surface area (Å²) in [5.74, 6) is 3.76. The predicted molar refractivity (Wildman–Crippen MR) is 98.8 cm³/mol. The van der Waals surface area contributed by atoms with Crippen LogP contribution in [-0.4, -0.2) is 0 Å². The lowest BCUT2D eigenvalue weighted by Crippen LogP contribution is -2.03. The van der Waals surface area contributed by atoms with E-state index in [4.69, 9.17) is 0 Å². The standard InChI is InChI=1S/C21H44/c1-7-19(5)13-10-14-20(6)15-11-17-21(8-2)16-9-12-18(3)4/h18-21H,7-17H2,1-6H3. The van der Waals surface area contributed by atoms with Crippen LogP contribution < -0.4 is 0 Å². The minimum Gasteiger partial charge on any atom is -0.0651 e. The molecule has 0 N–H and O–H groups in total. The highest BCUT2D eigenvalue weighted by Gasteiger charge is 2.09. The van der Waals surface area contributed by atoms with Crippen molar-refractivity contribution in [2.24, 2.45) is 23.7 Å². The summed E-state index contributed by atoms with van der Waals surface area (Å²) in [6.07, 6.45) is 15.8. The molecule has 0 aromatic rings. The molecular formula is C21H44. The fraction of sp³-hybridized carbons (Fsp3) is 1.00. The van der Waals surface area contributed by atoms with Crippen LogP contribution in [0.5, 0.6) is 0 Å². The van der Waals surface area contributed by atoms with Gasteiger partial charge in [0.1, 0.15) is 0 Å². The lowest BCUT2D eigenvalue weighted by molar-refractivity contribution is 0.356. The molecule has 0 fully saturated rings. The molecule has 0 bridgehead atoms. The largest absolute Gasteiger partial charge is 0.0651 e. The van der Waals surface area contributed by atoms with Gasteiger partial charge in [0.15, 0.2) is 0 Å². The molecule has 21 heavy (non-hydrogen) atoms. The van der Waals surface area contributed by atoms with Crippen LogP contribution in [-0.2, 0) is 0 Å². The van der Waals surface area contributed by atoms with E-state index in [-0.39, 0.29) is 0 Å². The van der Waals surface area contributed by atoms with Gasteiger partial charge in [0.2, 0.25) is 0 Å². The quantitative estimate of drug-likeness (QED) is 0.306. The molecule has 128 valence electrons. The maximum atomic E-state index is 2.47. The molecule has 0 radical (unpaired) electrons. The van der Waals surface area contributed by atoms with Crippen molar-refractivity contribution in [3.63, 3.8) is 0 Å². The number of rotatable bonds is 14. The third-order valence-electron chi connectivity index (χ3n) is 5.37. The van der Waals surface area contributed by atoms with E-state index >= 15 is 0 Å². The van der Waals surface area contributed by atoms with E-state index in [1.807, 2.05) is 0 Å². The molecule has 0 saturated carbocycles. The van der Waals surface area contributed by atoms with Gasteiger partial charge in [0.05, 0.1) is 0 Å². The second kappa shape index (κ2) is 13.6. The second-order valence-electron chi connectivity index (χ2n) is 8.08. The Morgan fingerprint density at radius 1 is 0.524 bits per heavy atom. The fourth-order valence-corrected chi connectivity index (χ4v) is 3.29. The minimum atomic E-state index is 0.882. The molecule has 0 spiro atoms. The van der Waals surface area contributed by atoms with Crippen LogP contribution >= 0.6 is 0 Å². The van der Waals surface area contributed by atoms with Crippen LogP contribution in [0.1, 0.15) is 112 Å². The molecule has 0 aliphatic rings. The van der Waals surface area contributed by atoms with Gasteiger partial charge >= 0.3 is 0 Å². The number of hydrogen-bond acceptors (Lipinski definition) is 0. The lowest BCUT2D eigenvalue weighted by atomic mass is 9.89. The van der Waals surface area contributed by atoms with Crippen molar-refractivity contribution < 1.29 is 0 Å². The minimum absolute atomic E-state index is 0.882. The molecule has 0 aliphatic heterocycles. The van der Waals surface area contributed by atoms with Crippen LogP contribution in [0.2, 0.25) is 0 Å². The van der Waals surface area contributed by atoms with Crippen LogP contribution in [0.15, 0.2) is 0 Å². The van der Waals surface area contributed by atoms with Crippen LogP contribution in [0.3, 0.4) is 0 Å². The Balaban J connectivity index is 3.59. The zero-order chi connectivity index (χ0) is 16.1. The topological polar surface area (TPSA) is 0 Å². The van der Waals surface area contributed by atoms with Crippen LogP contribution in [0.25, 0.3) is 0 Å². The Kier molecular flexibility index (Phi) is 13.6. The fourth-order valence-electron chi connectivity index (χ4n) is 3.29. The lowest BCUT2D eigenvalue weighted by Gasteiger charge is -2.17. The summed E-state index contributed by atoms with van der Waals surface area (Å²) in [6.45, 7) is 14.3. The van der Waals surface area contributed by atoms with Crippen molar-refractivity contribution in [3.8, 4) is 0 Å². The van der Waals surface area contributed by atoms with Gasteiger partial charge in [-0.25, -0.2) is 0 Å². The van der Waals surface area contributed by atoms with Gasteiger partial charge in [-0.3, -0.25) is 0 Å². The normalized spacial score (nSPS) is 16.1. The highest BCUT2D eigenvalue weighted by atomic mass is 14.1. The van der Waals surface area contributed by atoms with Crippen molar-refractivity contribution in [2.75, 3.05) is 0 Å². The van der Waals surface area contributed by atoms with Gasteiger partial charge in [-0.15, -0.1) is 0 Å². The molecule has 3 atom stereocenters. The summed E-state index contributed by atoms with van der Waals surface area (Å²) >= 11 is 0. The van der Waals surface area contributed by atoms with Crippen LogP contribution in [0, 0.1) is 23.7 Å². The molecule has 0 amide bonds. The summed E-state index contributed by atoms with van der Waals surface area (Å²) in [5.41, 5.74) is 0. The summed E-state index contributed by atoms with van der Waals surface area (Å²) in [5, 5.41) is 0. The molecule has 0 heterocycles. The van der Waals surface area contributed by atoms with Gasteiger partial charge < -0.3 is 0 Å². The first-order chi connectivity index (χ1) is 9.99. The van der Waals surface area contributed by atoms with Crippen molar-refractivity contribution in [2.45, 2.75) is 112 Å². The van der Waals surface area contributed by atoms with Gasteiger partial charge in [-0.05, 0) is 23.7 Å². The Hall–Kier alpha value is 0. The van der Waals surface area contributed by atoms with Gasteiger partial charge in [0.25, 0.3) is 0 Å². The molecule has 0 aliphatic carbocycles. The zero-order valence-corrected chi connectivity index (χ0v) is 16.1. The molecule has 3 unspecified atom stereocenters. The molecule has 0 aromatic carbocycles. The van der Waals surface area contributed by atoms with Gasteiger partial charge in [-0.2, -0.15) is 0 Å². The van der Waals surface area contributed by atoms with E-state index in [1.54, 1.807) is 0 Å². The maximum absolute atomic E-state index is 2.47. The Bertz CT molecular complexity index is 206. The third-order valence-corrected chi connectivity index (χ3v) is 5.37. The molecular weight excluding hydrogens is 252 g/mol. The Labute approximate surface area is 136 Å². The van der Waals surface area contributed by atoms with Crippen molar-refractivity contribution in [3.05, 3.63) is 0 Å². The van der Waals surface area contributed by atoms with E-state index in [9.17, 15) is 0 Å². The van der Waals surface area contributed by atoms with E-state index in [2.05, 4.69) is 41.5 Å². The van der Waals surface area contributed by atoms with Crippen LogP contribution in [0.4, 0.5) is 0 Å². The van der Waals surface area contributed by atoms with E-state index < -0.39 is 0 Å². The number of hydrogen-bond donors (Lipinski definition) is 0. The first-order valence-corrected chi connectivity index (χ1v) is 9.99. The zero-order valence-electron chi connectivity index (χ0n) is 16.1. The summed E-state index contributed by atoms with van der Waals surface area (Å²) in [6, 6.07) is 0. The third kappa shape index (κ3) is 13.4. The molecule has 0 aromatic heterocycles. The highest BCUT2D eigenvalue weighted by Crippen LogP contribution is 2.24. The monoisotopic (exact) mass is 296 g/mol. The van der Waals surface area contributed by atoms with Crippen molar-refractivity contribution in [1.29, 1.82) is 0 Å². The Morgan fingerprint density at radius 3 is 1.48 bits per heavy atom. The van der Waals surface area contributed by atoms with E-state index in [1.165, 1.54) is 70.6 Å². The van der Waals surface area contributed by atoms with E-state index in [0.29, 0.717) is 0 Å². The summed E-state index contributed by atoms with van der Waals surface area (Å²) in [7, 11) is 0. The van der Waals surface area contributed by atoms with Gasteiger partial charge in [-0.1, -0.05) is 112 Å². The molecule has 0 rings (SSSR count). The second-order valence-corrected chi connectivity index (χ2v) is 8.08. The van der Waals surface area contributed by atoms with Gasteiger partial charge in [0, 0.05) is 0 Å². The summed E-state index contributed by atoms with van der Waals surface area (Å²) in [4.78, 5) is 0. The van der Waals surface area contributed by atoms with Crippen molar-refractivity contribution >= 4 is 0 Å². The highest BCUT2D eigenvalue weighted by molar-refractivity contribution is 4.62. The molecule has 0 nitrogen and oxygen atoms in total. The SMILES string of the molecule is CCC(C)CCCC(C)CCCC(CC)CCCC(C)C. The smallest absolute Gasteiger partial charge is 0.0417 e.